The van der Waals surface area contributed by atoms with E-state index >= 15 is 0 Å². The van der Waals surface area contributed by atoms with Gasteiger partial charge in [0.05, 0.1) is 35.7 Å². The van der Waals surface area contributed by atoms with Crippen LogP contribution in [0.15, 0.2) is 42.2 Å². The Morgan fingerprint density at radius 2 is 2.05 bits per heavy atom. The Morgan fingerprint density at radius 3 is 2.79 bits per heavy atom. The largest absolute Gasteiger partial charge is 0.444 e. The molecule has 2 saturated heterocycles. The van der Waals surface area contributed by atoms with E-state index in [1.165, 1.54) is 0 Å². The van der Waals surface area contributed by atoms with Crippen molar-refractivity contribution >= 4 is 35.0 Å². The van der Waals surface area contributed by atoms with Crippen LogP contribution in [0.3, 0.4) is 0 Å². The fourth-order valence-corrected chi connectivity index (χ4v) is 5.35. The van der Waals surface area contributed by atoms with Gasteiger partial charge in [0, 0.05) is 43.4 Å². The molecule has 200 valence electrons. The number of aromatic nitrogens is 2. The molecule has 0 saturated carbocycles. The highest BCUT2D eigenvalue weighted by Crippen LogP contribution is 2.36. The van der Waals surface area contributed by atoms with Gasteiger partial charge in [-0.1, -0.05) is 11.6 Å². The van der Waals surface area contributed by atoms with E-state index in [9.17, 15) is 9.59 Å². The Balaban J connectivity index is 1.47. The molecule has 0 spiro atoms. The first kappa shape index (κ1) is 26.3. The average molecular weight is 537 g/mol. The van der Waals surface area contributed by atoms with Gasteiger partial charge in [-0.2, -0.15) is 0 Å². The minimum Gasteiger partial charge on any atom is -0.444 e. The number of hydrogen-bond acceptors (Lipinski definition) is 6. The van der Waals surface area contributed by atoms with Crippen LogP contribution < -0.4 is 4.90 Å². The Bertz CT molecular complexity index is 1420. The van der Waals surface area contributed by atoms with Gasteiger partial charge in [-0.15, -0.1) is 0 Å². The summed E-state index contributed by atoms with van der Waals surface area (Å²) in [5, 5.41) is 0.556. The molecule has 2 aliphatic heterocycles. The van der Waals surface area contributed by atoms with Crippen molar-refractivity contribution in [3.8, 4) is 11.3 Å². The van der Waals surface area contributed by atoms with Crippen molar-refractivity contribution in [3.05, 3.63) is 58.5 Å². The van der Waals surface area contributed by atoms with E-state index in [0.717, 1.165) is 53.2 Å². The fourth-order valence-electron chi connectivity index (χ4n) is 5.09. The lowest BCUT2D eigenvalue weighted by Gasteiger charge is -2.34. The summed E-state index contributed by atoms with van der Waals surface area (Å²) in [6.07, 6.45) is 3.64. The van der Waals surface area contributed by atoms with Gasteiger partial charge in [-0.3, -0.25) is 0 Å². The van der Waals surface area contributed by atoms with E-state index < -0.39 is 5.60 Å². The van der Waals surface area contributed by atoms with Gasteiger partial charge < -0.3 is 23.7 Å². The summed E-state index contributed by atoms with van der Waals surface area (Å²) in [6, 6.07) is 9.91. The first-order valence-electron chi connectivity index (χ1n) is 13.0. The van der Waals surface area contributed by atoms with E-state index in [-0.39, 0.29) is 12.2 Å². The van der Waals surface area contributed by atoms with Crippen LogP contribution in [0.4, 0.5) is 10.5 Å². The molecule has 0 N–H and O–H groups in total. The number of imidazole rings is 1. The highest BCUT2D eigenvalue weighted by molar-refractivity contribution is 6.33. The number of nitrogens with zero attached hydrogens (tertiary/aromatic N) is 4. The molecule has 2 fully saturated rings. The van der Waals surface area contributed by atoms with E-state index in [2.05, 4.69) is 10.3 Å². The average Bonchev–Trinajstić information content (AvgIpc) is 3.48. The number of benzene rings is 1. The third-order valence-electron chi connectivity index (χ3n) is 6.85. The number of aryl methyl sites for hydroxylation is 1. The van der Waals surface area contributed by atoms with Crippen molar-refractivity contribution in [1.82, 2.24) is 14.3 Å². The number of ether oxygens (including phenoxy) is 2. The lowest BCUT2D eigenvalue weighted by molar-refractivity contribution is -0.0418. The summed E-state index contributed by atoms with van der Waals surface area (Å²) in [4.78, 5) is 32.7. The smallest absolute Gasteiger partial charge is 0.410 e. The van der Waals surface area contributed by atoms with Crippen LogP contribution in [0.2, 0.25) is 5.02 Å². The number of amides is 1. The summed E-state index contributed by atoms with van der Waals surface area (Å²) in [6.45, 7) is 9.76. The molecular weight excluding hydrogens is 504 g/mol. The molecule has 8 nitrogen and oxygen atoms in total. The summed E-state index contributed by atoms with van der Waals surface area (Å²) in [7, 11) is 0. The van der Waals surface area contributed by atoms with Gasteiger partial charge in [-0.05, 0) is 70.0 Å². The Hall–Kier alpha value is -3.32. The molecule has 1 atom stereocenters. The van der Waals surface area contributed by atoms with Gasteiger partial charge >= 0.3 is 6.09 Å². The van der Waals surface area contributed by atoms with Crippen LogP contribution in [0.25, 0.3) is 16.9 Å². The van der Waals surface area contributed by atoms with Crippen LogP contribution in [-0.2, 0) is 20.7 Å². The molecule has 38 heavy (non-hydrogen) atoms. The summed E-state index contributed by atoms with van der Waals surface area (Å²) >= 11 is 6.85. The second-order valence-electron chi connectivity index (χ2n) is 10.9. The number of fused-ring (bicyclic) bond motifs is 1. The summed E-state index contributed by atoms with van der Waals surface area (Å²) < 4.78 is 13.8. The number of morpholine rings is 1. The van der Waals surface area contributed by atoms with Gasteiger partial charge in [-0.25, -0.2) is 14.6 Å². The van der Waals surface area contributed by atoms with E-state index in [4.69, 9.17) is 26.1 Å². The number of hydrogen-bond donors (Lipinski definition) is 0. The second kappa shape index (κ2) is 10.4. The predicted octanol–water partition coefficient (Wildman–Crippen LogP) is 5.46. The molecule has 1 amide bonds. The van der Waals surface area contributed by atoms with Crippen molar-refractivity contribution < 1.29 is 19.1 Å². The second-order valence-corrected chi connectivity index (χ2v) is 11.3. The molecule has 9 heteroatoms. The monoisotopic (exact) mass is 536 g/mol. The Kier molecular flexibility index (Phi) is 7.23. The number of pyridine rings is 1. The van der Waals surface area contributed by atoms with Crippen molar-refractivity contribution in [1.29, 1.82) is 0 Å². The SMILES string of the molecule is Cc1ccn2c(C[C@H]3CN(C(=O)OC(C)(C)C)CCO3)c(-c3ccc(N4CCCC4=C=O)cc3Cl)nc2c1. The lowest BCUT2D eigenvalue weighted by atomic mass is 10.0. The van der Waals surface area contributed by atoms with E-state index in [1.54, 1.807) is 4.90 Å². The van der Waals surface area contributed by atoms with Crippen molar-refractivity contribution in [2.24, 2.45) is 0 Å². The minimum absolute atomic E-state index is 0.223. The summed E-state index contributed by atoms with van der Waals surface area (Å²) in [5.41, 5.74) is 5.44. The van der Waals surface area contributed by atoms with Crippen LogP contribution in [0, 0.1) is 6.92 Å². The van der Waals surface area contributed by atoms with Crippen LogP contribution >= 0.6 is 11.6 Å². The molecule has 0 aliphatic carbocycles. The Morgan fingerprint density at radius 1 is 1.24 bits per heavy atom. The van der Waals surface area contributed by atoms with Gasteiger partial charge in [0.2, 0.25) is 0 Å². The van der Waals surface area contributed by atoms with Gasteiger partial charge in [0.15, 0.2) is 0 Å². The number of anilines is 1. The number of halogens is 1. The molecule has 2 aromatic heterocycles. The van der Waals surface area contributed by atoms with Crippen molar-refractivity contribution in [2.75, 3.05) is 31.1 Å². The van der Waals surface area contributed by atoms with E-state index in [0.29, 0.717) is 36.8 Å². The normalized spacial score (nSPS) is 18.2. The molecule has 2 aliphatic rings. The Labute approximate surface area is 227 Å². The number of rotatable bonds is 4. The zero-order chi connectivity index (χ0) is 27.0. The maximum absolute atomic E-state index is 12.7. The topological polar surface area (TPSA) is 76.4 Å². The molecule has 3 aromatic rings. The van der Waals surface area contributed by atoms with Crippen LogP contribution in [-0.4, -0.2) is 64.3 Å². The molecule has 0 radical (unpaired) electrons. The molecular formula is C29H33ClN4O4. The maximum atomic E-state index is 12.7. The molecule has 0 unspecified atom stereocenters. The standard InChI is InChI=1S/C29H33ClN4O4/c1-19-9-11-34-25(16-22-17-32(12-13-37-22)28(36)38-29(2,3)4)27(31-26(34)14-19)23-8-7-20(15-24(23)30)33-10-5-6-21(33)18-35/h7-9,11,14-15,22H,5-6,10,12-13,16-17H2,1-4H3/t22-/m0/s1. The quantitative estimate of drug-likeness (QED) is 0.412. The number of carbonyl (C=O) groups is 1. The first-order valence-corrected chi connectivity index (χ1v) is 13.4. The zero-order valence-corrected chi connectivity index (χ0v) is 23.0. The first-order chi connectivity index (χ1) is 18.1. The molecule has 1 aromatic carbocycles. The summed E-state index contributed by atoms with van der Waals surface area (Å²) in [5.74, 6) is 2.06. The van der Waals surface area contributed by atoms with Gasteiger partial charge in [0.25, 0.3) is 0 Å². The van der Waals surface area contributed by atoms with Crippen LogP contribution in [0.1, 0.15) is 44.9 Å². The van der Waals surface area contributed by atoms with E-state index in [1.807, 2.05) is 69.1 Å². The maximum Gasteiger partial charge on any atom is 0.410 e. The minimum atomic E-state index is -0.558. The lowest BCUT2D eigenvalue weighted by Crippen LogP contribution is -2.48. The van der Waals surface area contributed by atoms with Crippen molar-refractivity contribution in [3.63, 3.8) is 0 Å². The highest BCUT2D eigenvalue weighted by atomic mass is 35.5. The third kappa shape index (κ3) is 5.44. The molecule has 0 bridgehead atoms. The third-order valence-corrected chi connectivity index (χ3v) is 7.16. The molecule has 4 heterocycles. The van der Waals surface area contributed by atoms with Gasteiger partial charge in [0.1, 0.15) is 22.9 Å². The fraction of sp³-hybridized carbons (Fsp3) is 0.448. The number of carbonyl (C=O) groups excluding carboxylic acids is 2. The van der Waals surface area contributed by atoms with Crippen LogP contribution in [0.5, 0.6) is 0 Å². The van der Waals surface area contributed by atoms with Crippen molar-refractivity contribution in [2.45, 2.75) is 58.7 Å². The highest BCUT2D eigenvalue weighted by Gasteiger charge is 2.30. The zero-order valence-electron chi connectivity index (χ0n) is 22.3. The number of allylic oxidation sites excluding steroid dienone is 1. The molecule has 5 rings (SSSR count). The predicted molar refractivity (Wildman–Crippen MR) is 147 cm³/mol.